The van der Waals surface area contributed by atoms with Crippen molar-refractivity contribution in [3.8, 4) is 11.4 Å². The molecule has 1 aliphatic carbocycles. The molecule has 7 nitrogen and oxygen atoms in total. The van der Waals surface area contributed by atoms with Crippen LogP contribution in [0, 0.1) is 0 Å². The Morgan fingerprint density at radius 2 is 1.87 bits per heavy atom. The summed E-state index contributed by atoms with van der Waals surface area (Å²) in [6.07, 6.45) is 6.16. The van der Waals surface area contributed by atoms with Crippen LogP contribution >= 0.6 is 23.1 Å². The molecule has 0 aliphatic heterocycles. The van der Waals surface area contributed by atoms with Crippen molar-refractivity contribution in [2.45, 2.75) is 62.9 Å². The van der Waals surface area contributed by atoms with Crippen LogP contribution in [0.4, 0.5) is 5.13 Å². The number of carbonyl (C=O) groups is 1. The number of aromatic nitrogens is 5. The second-order valence-electron chi connectivity index (χ2n) is 8.26. The number of thioether (sulfide) groups is 1. The van der Waals surface area contributed by atoms with Crippen molar-refractivity contribution in [2.75, 3.05) is 11.1 Å². The SMILES string of the molecule is CC(C)c1ccc(-c2nnc(SCC(=O)Nc3nnc(C4CCCCC4)s3)n2C)cc1. The summed E-state index contributed by atoms with van der Waals surface area (Å²) in [4.78, 5) is 12.4. The van der Waals surface area contributed by atoms with E-state index in [1.54, 1.807) is 0 Å². The third-order valence-corrected chi connectivity index (χ3v) is 7.67. The molecule has 1 amide bonds. The van der Waals surface area contributed by atoms with E-state index in [1.165, 1.54) is 60.8 Å². The van der Waals surface area contributed by atoms with Gasteiger partial charge in [0.25, 0.3) is 0 Å². The third kappa shape index (κ3) is 5.33. The van der Waals surface area contributed by atoms with Gasteiger partial charge in [-0.25, -0.2) is 0 Å². The van der Waals surface area contributed by atoms with Gasteiger partial charge < -0.3 is 4.57 Å². The molecule has 2 aromatic heterocycles. The molecular formula is C22H28N6OS2. The number of nitrogens with zero attached hydrogens (tertiary/aromatic N) is 5. The summed E-state index contributed by atoms with van der Waals surface area (Å²) in [7, 11) is 1.92. The summed E-state index contributed by atoms with van der Waals surface area (Å²) in [5, 5.41) is 22.2. The number of carbonyl (C=O) groups excluding carboxylic acids is 1. The minimum atomic E-state index is -0.109. The fourth-order valence-electron chi connectivity index (χ4n) is 3.79. The Morgan fingerprint density at radius 1 is 1.13 bits per heavy atom. The average molecular weight is 457 g/mol. The summed E-state index contributed by atoms with van der Waals surface area (Å²) < 4.78 is 1.93. The Labute approximate surface area is 191 Å². The lowest BCUT2D eigenvalue weighted by atomic mass is 9.90. The molecular weight excluding hydrogens is 428 g/mol. The van der Waals surface area contributed by atoms with Crippen LogP contribution < -0.4 is 5.32 Å². The molecule has 0 unspecified atom stereocenters. The van der Waals surface area contributed by atoms with E-state index in [2.05, 4.69) is 63.8 Å². The molecule has 0 radical (unpaired) electrons. The second kappa shape index (κ2) is 9.91. The maximum atomic E-state index is 12.4. The molecule has 2 heterocycles. The minimum absolute atomic E-state index is 0.109. The topological polar surface area (TPSA) is 85.6 Å². The van der Waals surface area contributed by atoms with Crippen molar-refractivity contribution in [2.24, 2.45) is 7.05 Å². The molecule has 1 aliphatic rings. The predicted molar refractivity (Wildman–Crippen MR) is 126 cm³/mol. The summed E-state index contributed by atoms with van der Waals surface area (Å²) >= 11 is 2.87. The zero-order valence-electron chi connectivity index (χ0n) is 18.2. The largest absolute Gasteiger partial charge is 0.305 e. The van der Waals surface area contributed by atoms with Crippen LogP contribution in [-0.4, -0.2) is 36.6 Å². The highest BCUT2D eigenvalue weighted by Crippen LogP contribution is 2.35. The lowest BCUT2D eigenvalue weighted by Gasteiger charge is -2.18. The van der Waals surface area contributed by atoms with E-state index in [0.29, 0.717) is 22.1 Å². The molecule has 3 aromatic rings. The number of anilines is 1. The molecule has 0 bridgehead atoms. The first-order valence-electron chi connectivity index (χ1n) is 10.8. The van der Waals surface area contributed by atoms with Crippen molar-refractivity contribution < 1.29 is 4.79 Å². The predicted octanol–water partition coefficient (Wildman–Crippen LogP) is 5.24. The van der Waals surface area contributed by atoms with E-state index < -0.39 is 0 Å². The van der Waals surface area contributed by atoms with Crippen LogP contribution in [0.25, 0.3) is 11.4 Å². The van der Waals surface area contributed by atoms with Gasteiger partial charge in [0.05, 0.1) is 5.75 Å². The van der Waals surface area contributed by atoms with E-state index >= 15 is 0 Å². The zero-order valence-corrected chi connectivity index (χ0v) is 19.8. The van der Waals surface area contributed by atoms with E-state index in [-0.39, 0.29) is 11.7 Å². The number of amides is 1. The molecule has 0 saturated heterocycles. The molecule has 31 heavy (non-hydrogen) atoms. The molecule has 1 fully saturated rings. The van der Waals surface area contributed by atoms with Gasteiger partial charge in [-0.15, -0.1) is 20.4 Å². The van der Waals surface area contributed by atoms with Gasteiger partial charge in [0, 0.05) is 18.5 Å². The zero-order chi connectivity index (χ0) is 21.8. The van der Waals surface area contributed by atoms with Crippen molar-refractivity contribution in [1.82, 2.24) is 25.0 Å². The van der Waals surface area contributed by atoms with Crippen molar-refractivity contribution in [1.29, 1.82) is 0 Å². The van der Waals surface area contributed by atoms with E-state index in [4.69, 9.17) is 0 Å². The standard InChI is InChI=1S/C22H28N6OS2/c1-14(2)15-9-11-16(12-10-15)19-24-27-22(28(19)3)30-13-18(29)23-21-26-25-20(31-21)17-7-5-4-6-8-17/h9-12,14,17H,4-8,13H2,1-3H3,(H,23,26,29). The molecule has 4 rings (SSSR count). The first-order chi connectivity index (χ1) is 15.0. The monoisotopic (exact) mass is 456 g/mol. The highest BCUT2D eigenvalue weighted by molar-refractivity contribution is 7.99. The third-order valence-electron chi connectivity index (χ3n) is 5.64. The smallest absolute Gasteiger partial charge is 0.236 e. The van der Waals surface area contributed by atoms with Gasteiger partial charge >= 0.3 is 0 Å². The summed E-state index contributed by atoms with van der Waals surface area (Å²) in [5.74, 6) is 1.92. The molecule has 1 saturated carbocycles. The first-order valence-corrected chi connectivity index (χ1v) is 12.6. The van der Waals surface area contributed by atoms with E-state index in [0.717, 1.165) is 16.4 Å². The number of rotatable bonds is 7. The van der Waals surface area contributed by atoms with Crippen molar-refractivity contribution in [3.63, 3.8) is 0 Å². The number of hydrogen-bond donors (Lipinski definition) is 1. The Kier molecular flexibility index (Phi) is 7.02. The summed E-state index contributed by atoms with van der Waals surface area (Å²) in [5.41, 5.74) is 2.31. The maximum Gasteiger partial charge on any atom is 0.236 e. The molecule has 1 aromatic carbocycles. The van der Waals surface area contributed by atoms with Gasteiger partial charge in [-0.05, 0) is 24.3 Å². The van der Waals surface area contributed by atoms with Crippen LogP contribution in [0.2, 0.25) is 0 Å². The van der Waals surface area contributed by atoms with Crippen LogP contribution in [0.5, 0.6) is 0 Å². The Bertz CT molecular complexity index is 1020. The van der Waals surface area contributed by atoms with Crippen molar-refractivity contribution in [3.05, 3.63) is 34.8 Å². The maximum absolute atomic E-state index is 12.4. The number of hydrogen-bond acceptors (Lipinski definition) is 7. The summed E-state index contributed by atoms with van der Waals surface area (Å²) in [6.45, 7) is 4.35. The van der Waals surface area contributed by atoms with Gasteiger partial charge in [0.2, 0.25) is 11.0 Å². The minimum Gasteiger partial charge on any atom is -0.305 e. The van der Waals surface area contributed by atoms with Gasteiger partial charge in [-0.2, -0.15) is 0 Å². The van der Waals surface area contributed by atoms with Crippen LogP contribution in [0.3, 0.4) is 0 Å². The molecule has 9 heteroatoms. The number of benzene rings is 1. The summed E-state index contributed by atoms with van der Waals surface area (Å²) in [6, 6.07) is 8.39. The quantitative estimate of drug-likeness (QED) is 0.490. The Morgan fingerprint density at radius 3 is 2.58 bits per heavy atom. The first kappa shape index (κ1) is 22.0. The van der Waals surface area contributed by atoms with Gasteiger partial charge in [-0.1, -0.05) is 80.5 Å². The highest BCUT2D eigenvalue weighted by Gasteiger charge is 2.20. The van der Waals surface area contributed by atoms with Gasteiger partial charge in [0.15, 0.2) is 11.0 Å². The lowest BCUT2D eigenvalue weighted by Crippen LogP contribution is -2.14. The Hall–Kier alpha value is -2.26. The average Bonchev–Trinajstić information content (AvgIpc) is 3.39. The fraction of sp³-hybridized carbons (Fsp3) is 0.500. The molecule has 0 atom stereocenters. The van der Waals surface area contributed by atoms with Crippen LogP contribution in [0.15, 0.2) is 29.4 Å². The normalized spacial score (nSPS) is 14.8. The van der Waals surface area contributed by atoms with Gasteiger partial charge in [-0.3, -0.25) is 10.1 Å². The highest BCUT2D eigenvalue weighted by atomic mass is 32.2. The molecule has 164 valence electrons. The van der Waals surface area contributed by atoms with E-state index in [1.807, 2.05) is 11.6 Å². The number of nitrogens with one attached hydrogen (secondary N) is 1. The van der Waals surface area contributed by atoms with Crippen LogP contribution in [-0.2, 0) is 11.8 Å². The van der Waals surface area contributed by atoms with Crippen LogP contribution in [0.1, 0.15) is 68.4 Å². The molecule has 1 N–H and O–H groups in total. The lowest BCUT2D eigenvalue weighted by molar-refractivity contribution is -0.113. The van der Waals surface area contributed by atoms with E-state index in [9.17, 15) is 4.79 Å². The van der Waals surface area contributed by atoms with Gasteiger partial charge in [0.1, 0.15) is 5.01 Å². The second-order valence-corrected chi connectivity index (χ2v) is 10.2. The molecule has 0 spiro atoms. The fourth-order valence-corrected chi connectivity index (χ4v) is 5.43. The van der Waals surface area contributed by atoms with Crippen molar-refractivity contribution >= 4 is 34.1 Å². The Balaban J connectivity index is 1.33.